The molecule has 6 nitrogen and oxygen atoms in total. The van der Waals surface area contributed by atoms with Gasteiger partial charge in [0.2, 0.25) is 0 Å². The quantitative estimate of drug-likeness (QED) is 0.369. The standard InChI is InChI=1S/C29H40F3N3O3S/c1-5-28(3,4)34-39(37)26-11-10-21(16-24(26)29(30,31)32)25-17-23(27(36)33-22-12-14-38-15-13-22)19(2)35(25)18-20-8-6-7-9-20/h10-11,16-17,20,22,34H,5-9,12-15,18H2,1-4H3,(H,33,36). The highest BCUT2D eigenvalue weighted by molar-refractivity contribution is 7.83. The van der Waals surface area contributed by atoms with Crippen LogP contribution in [0.4, 0.5) is 13.2 Å². The summed E-state index contributed by atoms with van der Waals surface area (Å²) in [4.78, 5) is 13.0. The zero-order valence-electron chi connectivity index (χ0n) is 23.2. The van der Waals surface area contributed by atoms with E-state index < -0.39 is 28.3 Å². The van der Waals surface area contributed by atoms with Gasteiger partial charge in [0.1, 0.15) is 11.0 Å². The molecule has 1 unspecified atom stereocenters. The topological polar surface area (TPSA) is 72.4 Å². The Balaban J connectivity index is 1.74. The van der Waals surface area contributed by atoms with E-state index >= 15 is 0 Å². The molecule has 2 fully saturated rings. The van der Waals surface area contributed by atoms with E-state index in [0.29, 0.717) is 48.9 Å². The van der Waals surface area contributed by atoms with E-state index in [2.05, 4.69) is 10.0 Å². The number of hydrogen-bond donors (Lipinski definition) is 2. The van der Waals surface area contributed by atoms with Crippen LogP contribution >= 0.6 is 0 Å². The molecule has 0 spiro atoms. The van der Waals surface area contributed by atoms with Crippen LogP contribution in [0.3, 0.4) is 0 Å². The maximum Gasteiger partial charge on any atom is 0.417 e. The second-order valence-electron chi connectivity index (χ2n) is 11.5. The molecule has 2 aromatic rings. The minimum atomic E-state index is -4.69. The van der Waals surface area contributed by atoms with Crippen LogP contribution in [0.2, 0.25) is 0 Å². The van der Waals surface area contributed by atoms with Crippen molar-refractivity contribution in [3.05, 3.63) is 41.1 Å². The summed E-state index contributed by atoms with van der Waals surface area (Å²) in [5.41, 5.74) is 0.616. The number of carbonyl (C=O) groups is 1. The van der Waals surface area contributed by atoms with Crippen LogP contribution in [0.1, 0.15) is 87.3 Å². The van der Waals surface area contributed by atoms with Crippen LogP contribution < -0.4 is 10.0 Å². The summed E-state index contributed by atoms with van der Waals surface area (Å²) in [7, 11) is -2.05. The first-order valence-electron chi connectivity index (χ1n) is 13.9. The van der Waals surface area contributed by atoms with Crippen LogP contribution in [0.25, 0.3) is 11.3 Å². The largest absolute Gasteiger partial charge is 0.417 e. The molecule has 1 aliphatic heterocycles. The molecule has 2 N–H and O–H groups in total. The third kappa shape index (κ3) is 7.13. The Labute approximate surface area is 231 Å². The van der Waals surface area contributed by atoms with Crippen LogP contribution in [0.15, 0.2) is 29.2 Å². The first-order valence-corrected chi connectivity index (χ1v) is 15.0. The Morgan fingerprint density at radius 2 is 1.77 bits per heavy atom. The van der Waals surface area contributed by atoms with Crippen molar-refractivity contribution in [2.75, 3.05) is 13.2 Å². The fourth-order valence-corrected chi connectivity index (χ4v) is 6.68. The Morgan fingerprint density at radius 3 is 2.38 bits per heavy atom. The predicted octanol–water partition coefficient (Wildman–Crippen LogP) is 6.38. The monoisotopic (exact) mass is 567 g/mol. The maximum absolute atomic E-state index is 14.3. The molecule has 10 heteroatoms. The summed E-state index contributed by atoms with van der Waals surface area (Å²) in [6, 6.07) is 5.69. The highest BCUT2D eigenvalue weighted by Crippen LogP contribution is 2.38. The summed E-state index contributed by atoms with van der Waals surface area (Å²) in [5, 5.41) is 3.09. The summed E-state index contributed by atoms with van der Waals surface area (Å²) in [6.07, 6.45) is 1.77. The molecule has 0 bridgehead atoms. The Morgan fingerprint density at radius 1 is 1.10 bits per heavy atom. The summed E-state index contributed by atoms with van der Waals surface area (Å²) in [6.45, 7) is 9.19. The van der Waals surface area contributed by atoms with Crippen molar-refractivity contribution >= 4 is 16.9 Å². The number of nitrogens with zero attached hydrogens (tertiary/aromatic N) is 1. The third-order valence-electron chi connectivity index (χ3n) is 8.12. The van der Waals surface area contributed by atoms with Gasteiger partial charge in [-0.2, -0.15) is 13.2 Å². The van der Waals surface area contributed by atoms with Gasteiger partial charge in [0, 0.05) is 42.7 Å². The molecule has 39 heavy (non-hydrogen) atoms. The van der Waals surface area contributed by atoms with E-state index in [1.807, 2.05) is 18.4 Å². The molecule has 1 amide bonds. The highest BCUT2D eigenvalue weighted by atomic mass is 32.2. The van der Waals surface area contributed by atoms with Crippen LogP contribution in [0, 0.1) is 12.8 Å². The number of hydrogen-bond acceptors (Lipinski definition) is 3. The van der Waals surface area contributed by atoms with E-state index in [1.54, 1.807) is 26.0 Å². The van der Waals surface area contributed by atoms with Gasteiger partial charge in [-0.25, -0.2) is 8.93 Å². The lowest BCUT2D eigenvalue weighted by molar-refractivity contribution is -0.139. The number of benzene rings is 1. The SMILES string of the molecule is CCC(C)(C)NS(=O)c1ccc(-c2cc(C(=O)NC3CCOCC3)c(C)n2CC2CCCC2)cc1C(F)(F)F. The molecule has 216 valence electrons. The molecule has 1 saturated heterocycles. The zero-order chi connectivity index (χ0) is 28.4. The molecular weight excluding hydrogens is 527 g/mol. The molecule has 1 atom stereocenters. The van der Waals surface area contributed by atoms with Crippen molar-refractivity contribution in [2.24, 2.45) is 5.92 Å². The van der Waals surface area contributed by atoms with E-state index in [4.69, 9.17) is 4.74 Å². The van der Waals surface area contributed by atoms with Gasteiger partial charge in [0.25, 0.3) is 5.91 Å². The van der Waals surface area contributed by atoms with Crippen LogP contribution in [-0.4, -0.2) is 39.5 Å². The lowest BCUT2D eigenvalue weighted by atomic mass is 10.0. The molecule has 1 aromatic heterocycles. The Kier molecular flexibility index (Phi) is 9.28. The van der Waals surface area contributed by atoms with Gasteiger partial charge in [-0.05, 0) is 82.6 Å². The van der Waals surface area contributed by atoms with Gasteiger partial charge in [0.05, 0.1) is 16.0 Å². The van der Waals surface area contributed by atoms with E-state index in [9.17, 15) is 22.2 Å². The van der Waals surface area contributed by atoms with Crippen molar-refractivity contribution in [1.82, 2.24) is 14.6 Å². The van der Waals surface area contributed by atoms with Crippen molar-refractivity contribution in [2.45, 2.75) is 102 Å². The summed E-state index contributed by atoms with van der Waals surface area (Å²) >= 11 is 0. The lowest BCUT2D eigenvalue weighted by Crippen LogP contribution is -2.40. The number of ether oxygens (including phenoxy) is 1. The minimum absolute atomic E-state index is 0.0123. The van der Waals surface area contributed by atoms with Crippen molar-refractivity contribution in [1.29, 1.82) is 0 Å². The van der Waals surface area contributed by atoms with Crippen LogP contribution in [0.5, 0.6) is 0 Å². The fourth-order valence-electron chi connectivity index (χ4n) is 5.36. The lowest BCUT2D eigenvalue weighted by Gasteiger charge is -2.25. The minimum Gasteiger partial charge on any atom is -0.381 e. The molecule has 1 aromatic carbocycles. The van der Waals surface area contributed by atoms with E-state index in [1.165, 1.54) is 6.07 Å². The number of rotatable bonds is 9. The molecule has 1 saturated carbocycles. The second-order valence-corrected chi connectivity index (χ2v) is 12.6. The summed E-state index contributed by atoms with van der Waals surface area (Å²) in [5.74, 6) is 0.196. The maximum atomic E-state index is 14.3. The highest BCUT2D eigenvalue weighted by Gasteiger charge is 2.37. The Bertz CT molecular complexity index is 1200. The summed E-state index contributed by atoms with van der Waals surface area (Å²) < 4.78 is 66.0. The number of carbonyl (C=O) groups excluding carboxylic acids is 1. The predicted molar refractivity (Wildman–Crippen MR) is 147 cm³/mol. The van der Waals surface area contributed by atoms with Gasteiger partial charge < -0.3 is 14.6 Å². The second kappa shape index (κ2) is 12.1. The number of halogens is 3. The van der Waals surface area contributed by atoms with Crippen LogP contribution in [-0.2, 0) is 28.4 Å². The van der Waals surface area contributed by atoms with E-state index in [0.717, 1.165) is 50.3 Å². The van der Waals surface area contributed by atoms with Gasteiger partial charge in [-0.1, -0.05) is 25.8 Å². The number of aromatic nitrogens is 1. The first kappa shape index (κ1) is 29.8. The normalized spacial score (nSPS) is 18.4. The average Bonchev–Trinajstić information content (AvgIpc) is 3.52. The number of alkyl halides is 3. The van der Waals surface area contributed by atoms with Gasteiger partial charge in [-0.15, -0.1) is 0 Å². The molecule has 1 aliphatic carbocycles. The zero-order valence-corrected chi connectivity index (χ0v) is 24.1. The van der Waals surface area contributed by atoms with Crippen molar-refractivity contribution < 1.29 is 26.9 Å². The first-order chi connectivity index (χ1) is 18.4. The number of amides is 1. The van der Waals surface area contributed by atoms with E-state index in [-0.39, 0.29) is 16.8 Å². The Hall–Kier alpha value is -2.17. The smallest absolute Gasteiger partial charge is 0.381 e. The molecule has 4 rings (SSSR count). The van der Waals surface area contributed by atoms with Crippen molar-refractivity contribution in [3.8, 4) is 11.3 Å². The average molecular weight is 568 g/mol. The molecule has 2 heterocycles. The fraction of sp³-hybridized carbons (Fsp3) is 0.621. The number of nitrogens with one attached hydrogen (secondary N) is 2. The molecule has 0 radical (unpaired) electrons. The van der Waals surface area contributed by atoms with Gasteiger partial charge in [-0.3, -0.25) is 4.79 Å². The molecule has 2 aliphatic rings. The van der Waals surface area contributed by atoms with Crippen molar-refractivity contribution in [3.63, 3.8) is 0 Å². The van der Waals surface area contributed by atoms with Gasteiger partial charge in [0.15, 0.2) is 0 Å². The van der Waals surface area contributed by atoms with Gasteiger partial charge >= 0.3 is 6.18 Å². The third-order valence-corrected chi connectivity index (χ3v) is 9.61. The molecular formula is C29H40F3N3O3S.